The Bertz CT molecular complexity index is 462. The number of nitrogens with two attached hydrogens (primary N) is 1. The topological polar surface area (TPSA) is 72.9 Å². The molecular formula is C12H18N4OS. The molecule has 3 N–H and O–H groups in total. The first-order valence-electron chi connectivity index (χ1n) is 6.11. The van der Waals surface area contributed by atoms with Gasteiger partial charge < -0.3 is 15.6 Å². The zero-order chi connectivity index (χ0) is 13.2. The molecule has 0 aromatic carbocycles. The third-order valence-electron chi connectivity index (χ3n) is 3.69. The molecule has 0 bridgehead atoms. The summed E-state index contributed by atoms with van der Waals surface area (Å²) in [5.74, 6) is 0.759. The molecule has 0 atom stereocenters. The molecular weight excluding hydrogens is 248 g/mol. The number of aryl methyl sites for hydroxylation is 1. The van der Waals surface area contributed by atoms with Gasteiger partial charge in [-0.2, -0.15) is 0 Å². The van der Waals surface area contributed by atoms with Crippen molar-refractivity contribution < 1.29 is 4.79 Å². The van der Waals surface area contributed by atoms with Crippen molar-refractivity contribution in [3.63, 3.8) is 0 Å². The van der Waals surface area contributed by atoms with Crippen molar-refractivity contribution in [1.29, 1.82) is 0 Å². The monoisotopic (exact) mass is 266 g/mol. The summed E-state index contributed by atoms with van der Waals surface area (Å²) in [4.78, 5) is 16.8. The van der Waals surface area contributed by atoms with Crippen LogP contribution in [-0.4, -0.2) is 20.4 Å². The summed E-state index contributed by atoms with van der Waals surface area (Å²) >= 11 is 5.08. The van der Waals surface area contributed by atoms with E-state index in [1.54, 1.807) is 6.20 Å². The Labute approximate surface area is 112 Å². The van der Waals surface area contributed by atoms with Gasteiger partial charge in [0.2, 0.25) is 5.91 Å². The molecule has 1 heterocycles. The maximum Gasteiger partial charge on any atom is 0.233 e. The molecule has 2 rings (SSSR count). The number of hydrogen-bond donors (Lipinski definition) is 2. The van der Waals surface area contributed by atoms with E-state index in [2.05, 4.69) is 10.3 Å². The fourth-order valence-corrected chi connectivity index (χ4v) is 2.76. The fraction of sp³-hybridized carbons (Fsp3) is 0.583. The standard InChI is InChI=1S/C12H18N4OS/c1-16-7-6-14-9(16)8-15-11(17)12(10(13)18)4-2-3-5-12/h6-7H,2-5,8H2,1H3,(H2,13,18)(H,15,17). The van der Waals surface area contributed by atoms with Gasteiger partial charge in [0.1, 0.15) is 5.82 Å². The Morgan fingerprint density at radius 1 is 1.61 bits per heavy atom. The van der Waals surface area contributed by atoms with Crippen molar-refractivity contribution in [3.8, 4) is 0 Å². The highest BCUT2D eigenvalue weighted by Gasteiger charge is 2.43. The number of carbonyl (C=O) groups is 1. The Morgan fingerprint density at radius 2 is 2.28 bits per heavy atom. The minimum Gasteiger partial charge on any atom is -0.392 e. The molecule has 1 aromatic heterocycles. The molecule has 1 aliphatic carbocycles. The van der Waals surface area contributed by atoms with E-state index in [-0.39, 0.29) is 5.91 Å². The molecule has 1 aromatic rings. The number of hydrogen-bond acceptors (Lipinski definition) is 3. The third kappa shape index (κ3) is 2.25. The molecule has 1 amide bonds. The summed E-state index contributed by atoms with van der Waals surface area (Å²) in [5, 5.41) is 2.90. The number of nitrogens with one attached hydrogen (secondary N) is 1. The van der Waals surface area contributed by atoms with Gasteiger partial charge in [-0.05, 0) is 12.8 Å². The number of amides is 1. The molecule has 6 heteroatoms. The second kappa shape index (κ2) is 5.06. The van der Waals surface area contributed by atoms with Gasteiger partial charge in [-0.3, -0.25) is 4.79 Å². The lowest BCUT2D eigenvalue weighted by Gasteiger charge is -2.26. The first-order valence-corrected chi connectivity index (χ1v) is 6.51. The lowest BCUT2D eigenvalue weighted by Crippen LogP contribution is -2.47. The van der Waals surface area contributed by atoms with Gasteiger partial charge in [-0.15, -0.1) is 0 Å². The van der Waals surface area contributed by atoms with Gasteiger partial charge in [0.05, 0.1) is 16.9 Å². The van der Waals surface area contributed by atoms with Gasteiger partial charge >= 0.3 is 0 Å². The van der Waals surface area contributed by atoms with Gasteiger partial charge in [0, 0.05) is 19.4 Å². The third-order valence-corrected chi connectivity index (χ3v) is 4.08. The minimum absolute atomic E-state index is 0.0597. The summed E-state index contributed by atoms with van der Waals surface area (Å²) in [7, 11) is 1.90. The maximum absolute atomic E-state index is 12.3. The van der Waals surface area contributed by atoms with E-state index in [9.17, 15) is 4.79 Å². The molecule has 1 aliphatic rings. The van der Waals surface area contributed by atoms with Crippen LogP contribution in [0.4, 0.5) is 0 Å². The van der Waals surface area contributed by atoms with Crippen LogP contribution in [0.1, 0.15) is 31.5 Å². The van der Waals surface area contributed by atoms with Crippen LogP contribution >= 0.6 is 12.2 Å². The molecule has 98 valence electrons. The van der Waals surface area contributed by atoms with Crippen LogP contribution < -0.4 is 11.1 Å². The Kier molecular flexibility index (Phi) is 3.65. The quantitative estimate of drug-likeness (QED) is 0.794. The Morgan fingerprint density at radius 3 is 2.78 bits per heavy atom. The van der Waals surface area contributed by atoms with Crippen molar-refractivity contribution in [1.82, 2.24) is 14.9 Å². The maximum atomic E-state index is 12.3. The highest BCUT2D eigenvalue weighted by molar-refractivity contribution is 7.80. The second-order valence-corrected chi connectivity index (χ2v) is 5.23. The van der Waals surface area contributed by atoms with Crippen LogP contribution in [0, 0.1) is 5.41 Å². The summed E-state index contributed by atoms with van der Waals surface area (Å²) in [5.41, 5.74) is 5.12. The molecule has 1 fully saturated rings. The van der Waals surface area contributed by atoms with E-state index in [0.717, 1.165) is 31.5 Å². The Balaban J connectivity index is 2.03. The number of carbonyl (C=O) groups excluding carboxylic acids is 1. The average Bonchev–Trinajstić information content (AvgIpc) is 2.95. The van der Waals surface area contributed by atoms with Crippen molar-refractivity contribution in [2.45, 2.75) is 32.2 Å². The molecule has 1 saturated carbocycles. The highest BCUT2D eigenvalue weighted by atomic mass is 32.1. The second-order valence-electron chi connectivity index (χ2n) is 4.79. The van der Waals surface area contributed by atoms with Crippen LogP contribution in [0.15, 0.2) is 12.4 Å². The van der Waals surface area contributed by atoms with Crippen LogP contribution in [0.25, 0.3) is 0 Å². The van der Waals surface area contributed by atoms with Crippen molar-refractivity contribution in [2.24, 2.45) is 18.2 Å². The smallest absolute Gasteiger partial charge is 0.233 e. The van der Waals surface area contributed by atoms with Crippen molar-refractivity contribution in [3.05, 3.63) is 18.2 Å². The number of thiocarbonyl (C=S) groups is 1. The van der Waals surface area contributed by atoms with Gasteiger partial charge in [-0.1, -0.05) is 25.1 Å². The van der Waals surface area contributed by atoms with E-state index in [4.69, 9.17) is 18.0 Å². The molecule has 0 radical (unpaired) electrons. The Hall–Kier alpha value is -1.43. The predicted molar refractivity (Wildman–Crippen MR) is 72.7 cm³/mol. The summed E-state index contributed by atoms with van der Waals surface area (Å²) in [6.07, 6.45) is 7.09. The number of imidazole rings is 1. The predicted octanol–water partition coefficient (Wildman–Crippen LogP) is 0.883. The average molecular weight is 266 g/mol. The largest absolute Gasteiger partial charge is 0.392 e. The van der Waals surface area contributed by atoms with Crippen molar-refractivity contribution in [2.75, 3.05) is 0 Å². The SMILES string of the molecule is Cn1ccnc1CNC(=O)C1(C(N)=S)CCCC1. The number of aromatic nitrogens is 2. The van der Waals surface area contributed by atoms with E-state index in [1.807, 2.05) is 17.8 Å². The first-order chi connectivity index (χ1) is 8.56. The van der Waals surface area contributed by atoms with E-state index in [1.165, 1.54) is 0 Å². The lowest BCUT2D eigenvalue weighted by atomic mass is 9.85. The zero-order valence-electron chi connectivity index (χ0n) is 10.5. The molecule has 18 heavy (non-hydrogen) atoms. The van der Waals surface area contributed by atoms with Crippen LogP contribution in [0.5, 0.6) is 0 Å². The molecule has 0 unspecified atom stereocenters. The van der Waals surface area contributed by atoms with E-state index >= 15 is 0 Å². The molecule has 0 spiro atoms. The van der Waals surface area contributed by atoms with Gasteiger partial charge in [0.25, 0.3) is 0 Å². The molecule has 0 aliphatic heterocycles. The van der Waals surface area contributed by atoms with Gasteiger partial charge in [-0.25, -0.2) is 4.98 Å². The fourth-order valence-electron chi connectivity index (χ4n) is 2.46. The highest BCUT2D eigenvalue weighted by Crippen LogP contribution is 2.38. The first kappa shape index (κ1) is 13.0. The van der Waals surface area contributed by atoms with Crippen LogP contribution in [0.2, 0.25) is 0 Å². The van der Waals surface area contributed by atoms with E-state index < -0.39 is 5.41 Å². The number of nitrogens with zero attached hydrogens (tertiary/aromatic N) is 2. The summed E-state index contributed by atoms with van der Waals surface area (Å²) in [6, 6.07) is 0. The summed E-state index contributed by atoms with van der Waals surface area (Å²) in [6.45, 7) is 0.409. The van der Waals surface area contributed by atoms with Gasteiger partial charge in [0.15, 0.2) is 0 Å². The minimum atomic E-state index is -0.638. The summed E-state index contributed by atoms with van der Waals surface area (Å²) < 4.78 is 1.88. The van der Waals surface area contributed by atoms with Crippen molar-refractivity contribution >= 4 is 23.1 Å². The van der Waals surface area contributed by atoms with Crippen LogP contribution in [-0.2, 0) is 18.4 Å². The lowest BCUT2D eigenvalue weighted by molar-refractivity contribution is -0.127. The normalized spacial score (nSPS) is 17.6. The van der Waals surface area contributed by atoms with E-state index in [0.29, 0.717) is 11.5 Å². The zero-order valence-corrected chi connectivity index (χ0v) is 11.3. The number of rotatable bonds is 4. The molecule has 0 saturated heterocycles. The molecule has 5 nitrogen and oxygen atoms in total. The van der Waals surface area contributed by atoms with Crippen LogP contribution in [0.3, 0.4) is 0 Å².